The van der Waals surface area contributed by atoms with E-state index in [1.165, 1.54) is 0 Å². The smallest absolute Gasteiger partial charge is 0.248 e. The third kappa shape index (κ3) is 2.14. The van der Waals surface area contributed by atoms with Crippen molar-refractivity contribution in [2.24, 2.45) is 5.73 Å². The molecule has 2 aromatic rings. The lowest BCUT2D eigenvalue weighted by Gasteiger charge is -2.38. The SMILES string of the molecule is NC1(c2c(O)ccc3ccccc23)CCC(F)(F)CC1. The molecule has 0 atom stereocenters. The molecule has 0 spiro atoms. The van der Waals surface area contributed by atoms with Crippen LogP contribution in [0.4, 0.5) is 8.78 Å². The number of phenolic OH excluding ortho intramolecular Hbond substituents is 1. The van der Waals surface area contributed by atoms with E-state index >= 15 is 0 Å². The van der Waals surface area contributed by atoms with Gasteiger partial charge in [0.15, 0.2) is 0 Å². The summed E-state index contributed by atoms with van der Waals surface area (Å²) in [6.45, 7) is 0. The van der Waals surface area contributed by atoms with E-state index in [0.29, 0.717) is 5.56 Å². The van der Waals surface area contributed by atoms with E-state index < -0.39 is 11.5 Å². The number of alkyl halides is 2. The number of benzene rings is 2. The fourth-order valence-electron chi connectivity index (χ4n) is 3.10. The molecule has 106 valence electrons. The van der Waals surface area contributed by atoms with Gasteiger partial charge in [0.2, 0.25) is 5.92 Å². The van der Waals surface area contributed by atoms with Gasteiger partial charge in [0.05, 0.1) is 0 Å². The third-order valence-electron chi connectivity index (χ3n) is 4.28. The van der Waals surface area contributed by atoms with Gasteiger partial charge in [-0.25, -0.2) is 8.78 Å². The summed E-state index contributed by atoms with van der Waals surface area (Å²) in [4.78, 5) is 0. The maximum Gasteiger partial charge on any atom is 0.248 e. The molecule has 0 amide bonds. The highest BCUT2D eigenvalue weighted by Gasteiger charge is 2.43. The van der Waals surface area contributed by atoms with Crippen molar-refractivity contribution in [3.8, 4) is 5.75 Å². The van der Waals surface area contributed by atoms with Gasteiger partial charge >= 0.3 is 0 Å². The molecule has 0 unspecified atom stereocenters. The van der Waals surface area contributed by atoms with E-state index in [-0.39, 0.29) is 31.4 Å². The van der Waals surface area contributed by atoms with E-state index in [4.69, 9.17) is 5.73 Å². The Labute approximate surface area is 116 Å². The zero-order valence-corrected chi connectivity index (χ0v) is 11.1. The van der Waals surface area contributed by atoms with Crippen molar-refractivity contribution in [1.82, 2.24) is 0 Å². The highest BCUT2D eigenvalue weighted by molar-refractivity contribution is 5.88. The zero-order valence-electron chi connectivity index (χ0n) is 11.1. The monoisotopic (exact) mass is 277 g/mol. The molecule has 2 nitrogen and oxygen atoms in total. The fourth-order valence-corrected chi connectivity index (χ4v) is 3.10. The Kier molecular flexibility index (Phi) is 2.94. The van der Waals surface area contributed by atoms with Crippen LogP contribution in [0.3, 0.4) is 0 Å². The summed E-state index contributed by atoms with van der Waals surface area (Å²) in [7, 11) is 0. The van der Waals surface area contributed by atoms with Crippen molar-refractivity contribution in [1.29, 1.82) is 0 Å². The molecule has 0 heterocycles. The summed E-state index contributed by atoms with van der Waals surface area (Å²) >= 11 is 0. The quantitative estimate of drug-likeness (QED) is 0.830. The van der Waals surface area contributed by atoms with Crippen LogP contribution in [0.2, 0.25) is 0 Å². The van der Waals surface area contributed by atoms with Crippen molar-refractivity contribution in [3.05, 3.63) is 42.0 Å². The molecule has 1 aliphatic carbocycles. The van der Waals surface area contributed by atoms with E-state index in [0.717, 1.165) is 10.8 Å². The van der Waals surface area contributed by atoms with Crippen molar-refractivity contribution >= 4 is 10.8 Å². The Hall–Kier alpha value is -1.68. The second-order valence-corrected chi connectivity index (χ2v) is 5.69. The number of halogens is 2. The number of hydrogen-bond acceptors (Lipinski definition) is 2. The highest BCUT2D eigenvalue weighted by atomic mass is 19.3. The molecule has 3 rings (SSSR count). The topological polar surface area (TPSA) is 46.2 Å². The number of rotatable bonds is 1. The van der Waals surface area contributed by atoms with Crippen molar-refractivity contribution < 1.29 is 13.9 Å². The Morgan fingerprint density at radius 1 is 0.950 bits per heavy atom. The van der Waals surface area contributed by atoms with E-state index in [9.17, 15) is 13.9 Å². The summed E-state index contributed by atoms with van der Waals surface area (Å²) in [5.41, 5.74) is 6.10. The first-order valence-electron chi connectivity index (χ1n) is 6.79. The van der Waals surface area contributed by atoms with Crippen LogP contribution in [0.1, 0.15) is 31.2 Å². The number of nitrogens with two attached hydrogens (primary N) is 1. The Morgan fingerprint density at radius 2 is 1.60 bits per heavy atom. The molecule has 0 bridgehead atoms. The summed E-state index contributed by atoms with van der Waals surface area (Å²) in [6, 6.07) is 11.0. The fraction of sp³-hybridized carbons (Fsp3) is 0.375. The number of fused-ring (bicyclic) bond motifs is 1. The molecule has 0 aliphatic heterocycles. The summed E-state index contributed by atoms with van der Waals surface area (Å²) < 4.78 is 26.7. The minimum absolute atomic E-state index is 0.0939. The van der Waals surface area contributed by atoms with E-state index in [2.05, 4.69) is 0 Å². The van der Waals surface area contributed by atoms with Crippen LogP contribution in [0.5, 0.6) is 5.75 Å². The molecule has 0 saturated heterocycles. The maximum atomic E-state index is 13.4. The van der Waals surface area contributed by atoms with E-state index in [1.54, 1.807) is 6.07 Å². The lowest BCUT2D eigenvalue weighted by molar-refractivity contribution is -0.0514. The first-order valence-corrected chi connectivity index (χ1v) is 6.79. The van der Waals surface area contributed by atoms with Crippen LogP contribution in [0, 0.1) is 0 Å². The lowest BCUT2D eigenvalue weighted by Crippen LogP contribution is -2.43. The summed E-state index contributed by atoms with van der Waals surface area (Å²) in [6.07, 6.45) is -0.0958. The average molecular weight is 277 g/mol. The Morgan fingerprint density at radius 3 is 2.30 bits per heavy atom. The van der Waals surface area contributed by atoms with Gasteiger partial charge in [-0.15, -0.1) is 0 Å². The Bertz CT molecular complexity index is 644. The standard InChI is InChI=1S/C16H17F2NO/c17-16(18)9-7-15(19,8-10-16)14-12-4-2-1-3-11(12)5-6-13(14)20/h1-6,20H,7-10,19H2. The Balaban J connectivity index is 2.12. The van der Waals surface area contributed by atoms with Gasteiger partial charge in [-0.05, 0) is 29.7 Å². The number of phenols is 1. The number of aromatic hydroxyl groups is 1. The maximum absolute atomic E-state index is 13.4. The third-order valence-corrected chi connectivity index (χ3v) is 4.28. The predicted molar refractivity (Wildman–Crippen MR) is 74.9 cm³/mol. The van der Waals surface area contributed by atoms with Gasteiger partial charge in [0.1, 0.15) is 5.75 Å². The predicted octanol–water partition coefficient (Wildman–Crippen LogP) is 3.91. The largest absolute Gasteiger partial charge is 0.508 e. The zero-order chi connectivity index (χ0) is 14.4. The molecule has 0 radical (unpaired) electrons. The first-order chi connectivity index (χ1) is 9.41. The molecule has 0 aromatic heterocycles. The second-order valence-electron chi connectivity index (χ2n) is 5.69. The van der Waals surface area contributed by atoms with Crippen LogP contribution >= 0.6 is 0 Å². The first kappa shape index (κ1) is 13.3. The molecule has 20 heavy (non-hydrogen) atoms. The van der Waals surface area contributed by atoms with Crippen molar-refractivity contribution in [2.45, 2.75) is 37.1 Å². The van der Waals surface area contributed by atoms with Crippen LogP contribution < -0.4 is 5.73 Å². The van der Waals surface area contributed by atoms with Gasteiger partial charge in [-0.3, -0.25) is 0 Å². The normalized spacial score (nSPS) is 20.9. The lowest BCUT2D eigenvalue weighted by atomic mass is 9.74. The summed E-state index contributed by atoms with van der Waals surface area (Å²) in [5.74, 6) is -2.54. The highest BCUT2D eigenvalue weighted by Crippen LogP contribution is 2.46. The molecule has 2 aromatic carbocycles. The second kappa shape index (κ2) is 4.42. The molecule has 1 aliphatic rings. The summed E-state index contributed by atoms with van der Waals surface area (Å²) in [5, 5.41) is 12.0. The van der Waals surface area contributed by atoms with Crippen LogP contribution in [0.25, 0.3) is 10.8 Å². The van der Waals surface area contributed by atoms with E-state index in [1.807, 2.05) is 30.3 Å². The molecule has 1 saturated carbocycles. The molecule has 1 fully saturated rings. The van der Waals surface area contributed by atoms with Crippen molar-refractivity contribution in [3.63, 3.8) is 0 Å². The molecular weight excluding hydrogens is 260 g/mol. The van der Waals surface area contributed by atoms with Gasteiger partial charge < -0.3 is 10.8 Å². The van der Waals surface area contributed by atoms with Gasteiger partial charge in [-0.1, -0.05) is 30.3 Å². The number of hydrogen-bond donors (Lipinski definition) is 2. The van der Waals surface area contributed by atoms with Crippen LogP contribution in [-0.4, -0.2) is 11.0 Å². The average Bonchev–Trinajstić information content (AvgIpc) is 2.42. The van der Waals surface area contributed by atoms with Crippen LogP contribution in [0.15, 0.2) is 36.4 Å². The van der Waals surface area contributed by atoms with Gasteiger partial charge in [-0.2, -0.15) is 0 Å². The molecular formula is C16H17F2NO. The molecule has 3 N–H and O–H groups in total. The van der Waals surface area contributed by atoms with Gasteiger partial charge in [0, 0.05) is 23.9 Å². The minimum Gasteiger partial charge on any atom is -0.508 e. The minimum atomic E-state index is -2.64. The van der Waals surface area contributed by atoms with Crippen molar-refractivity contribution in [2.75, 3.05) is 0 Å². The van der Waals surface area contributed by atoms with Gasteiger partial charge in [0.25, 0.3) is 0 Å². The molecule has 4 heteroatoms. The van der Waals surface area contributed by atoms with Crippen LogP contribution in [-0.2, 0) is 5.54 Å².